The number of hydrogen-bond acceptors (Lipinski definition) is 6. The van der Waals surface area contributed by atoms with E-state index in [1.165, 1.54) is 56.5 Å². The molecule has 2 heterocycles. The zero-order chi connectivity index (χ0) is 41.2. The Morgan fingerprint density at radius 1 is 0.690 bits per heavy atom. The fourth-order valence-electron chi connectivity index (χ4n) is 7.43. The first kappa shape index (κ1) is 42.1. The first-order chi connectivity index (χ1) is 28.0. The number of halogens is 1. The maximum absolute atomic E-state index is 12.7. The topological polar surface area (TPSA) is 164 Å². The van der Waals surface area contributed by atoms with Gasteiger partial charge in [0.15, 0.2) is 0 Å². The number of carbonyl (C=O) groups is 2. The third-order valence-corrected chi connectivity index (χ3v) is 11.2. The highest BCUT2D eigenvalue weighted by Gasteiger charge is 2.19. The van der Waals surface area contributed by atoms with Crippen molar-refractivity contribution in [2.45, 2.75) is 77.6 Å². The van der Waals surface area contributed by atoms with Crippen LogP contribution in [-0.2, 0) is 0 Å². The molecule has 1 saturated carbocycles. The summed E-state index contributed by atoms with van der Waals surface area (Å²) in [5.41, 5.74) is 6.67. The Morgan fingerprint density at radius 3 is 1.71 bits per heavy atom. The van der Waals surface area contributed by atoms with Crippen molar-refractivity contribution < 1.29 is 19.6 Å². The molecule has 2 amide bonds. The van der Waals surface area contributed by atoms with Crippen molar-refractivity contribution in [2.24, 2.45) is 0 Å². The van der Waals surface area contributed by atoms with Crippen LogP contribution in [0.5, 0.6) is 0 Å². The number of aryl methyl sites for hydroxylation is 2. The quantitative estimate of drug-likeness (QED) is 0.0915. The van der Waals surface area contributed by atoms with E-state index in [0.717, 1.165) is 51.5 Å². The number of amides is 2. The minimum absolute atomic E-state index is 0.0982. The highest BCUT2D eigenvalue weighted by molar-refractivity contribution is 9.10. The van der Waals surface area contributed by atoms with Gasteiger partial charge in [0.2, 0.25) is 10.9 Å². The zero-order valence-corrected chi connectivity index (χ0v) is 34.3. The van der Waals surface area contributed by atoms with Crippen molar-refractivity contribution in [1.82, 2.24) is 9.97 Å². The van der Waals surface area contributed by atoms with Gasteiger partial charge in [-0.15, -0.1) is 0 Å². The number of pyridine rings is 2. The molecule has 8 rings (SSSR count). The SMILES string of the molecule is Cc1cc(Br)ccc1NC(=O)c1c[nH]c2ccccc2c1=O.Cc1cc(C2CCCCC2)ccc1NC(=O)c1c[nH]c2ccccc2c1=O.OB(O)C1=CCCCC1. The summed E-state index contributed by atoms with van der Waals surface area (Å²) >= 11 is 3.38. The summed E-state index contributed by atoms with van der Waals surface area (Å²) in [6.45, 7) is 3.90. The predicted molar refractivity (Wildman–Crippen MR) is 238 cm³/mol. The van der Waals surface area contributed by atoms with Gasteiger partial charge in [-0.3, -0.25) is 19.2 Å². The van der Waals surface area contributed by atoms with Crippen LogP contribution < -0.4 is 21.5 Å². The monoisotopic (exact) mass is 842 g/mol. The summed E-state index contributed by atoms with van der Waals surface area (Å²) in [6, 6.07) is 26.1. The lowest BCUT2D eigenvalue weighted by Crippen LogP contribution is -2.22. The van der Waals surface area contributed by atoms with Gasteiger partial charge in [0.25, 0.3) is 11.8 Å². The van der Waals surface area contributed by atoms with Crippen molar-refractivity contribution in [1.29, 1.82) is 0 Å². The molecule has 0 aliphatic heterocycles. The molecule has 0 atom stereocenters. The molecule has 0 unspecified atom stereocenters. The maximum Gasteiger partial charge on any atom is 0.483 e. The zero-order valence-electron chi connectivity index (χ0n) is 32.7. The molecule has 298 valence electrons. The lowest BCUT2D eigenvalue weighted by molar-refractivity contribution is 0.101. The summed E-state index contributed by atoms with van der Waals surface area (Å²) in [4.78, 5) is 56.1. The van der Waals surface area contributed by atoms with Gasteiger partial charge < -0.3 is 30.6 Å². The highest BCUT2D eigenvalue weighted by atomic mass is 79.9. The van der Waals surface area contributed by atoms with Crippen LogP contribution >= 0.6 is 15.9 Å². The largest absolute Gasteiger partial charge is 0.483 e. The molecule has 2 aliphatic rings. The standard InChI is InChI=1S/C23H24N2O2.C17H13BrN2O2.C6H11BO2/c1-15-13-17(16-7-3-2-4-8-16)11-12-20(15)25-23(27)19-14-24-21-10-6-5-9-18(21)22(19)26;1-10-8-11(18)6-7-14(10)20-17(22)13-9-19-15-5-3-2-4-12(15)16(13)21;8-7(9)6-4-2-1-3-5-6/h5-6,9-14,16H,2-4,7-8H2,1H3,(H,24,26)(H,25,27);2-9H,1H3,(H,19,21)(H,20,22);4,8-9H,1-3,5H2. The lowest BCUT2D eigenvalue weighted by atomic mass is 9.74. The molecule has 2 aromatic heterocycles. The van der Waals surface area contributed by atoms with E-state index < -0.39 is 13.0 Å². The number of aromatic nitrogens is 2. The molecule has 6 N–H and O–H groups in total. The van der Waals surface area contributed by atoms with E-state index in [0.29, 0.717) is 27.9 Å². The van der Waals surface area contributed by atoms with E-state index in [2.05, 4.69) is 48.7 Å². The number of nitrogens with one attached hydrogen (secondary N) is 4. The number of aromatic amines is 2. The molecule has 0 bridgehead atoms. The van der Waals surface area contributed by atoms with Gasteiger partial charge in [0, 0.05) is 50.0 Å². The van der Waals surface area contributed by atoms with Crippen LogP contribution in [0.1, 0.15) is 101 Å². The minimum atomic E-state index is -1.20. The average Bonchev–Trinajstić information content (AvgIpc) is 3.24. The fourth-order valence-corrected chi connectivity index (χ4v) is 7.91. The molecule has 1 fully saturated rings. The second-order valence-electron chi connectivity index (χ2n) is 14.8. The van der Waals surface area contributed by atoms with Crippen LogP contribution in [0.15, 0.2) is 123 Å². The Morgan fingerprint density at radius 2 is 1.22 bits per heavy atom. The number of carbonyl (C=O) groups excluding carboxylic acids is 2. The van der Waals surface area contributed by atoms with Gasteiger partial charge in [0.1, 0.15) is 11.1 Å². The smallest absolute Gasteiger partial charge is 0.423 e. The van der Waals surface area contributed by atoms with Crippen LogP contribution in [-0.4, -0.2) is 38.9 Å². The lowest BCUT2D eigenvalue weighted by Gasteiger charge is -2.23. The maximum atomic E-state index is 12.7. The Balaban J connectivity index is 0.000000164. The highest BCUT2D eigenvalue weighted by Crippen LogP contribution is 2.34. The van der Waals surface area contributed by atoms with Crippen molar-refractivity contribution in [2.75, 3.05) is 10.6 Å². The fraction of sp³-hybridized carbons (Fsp3) is 0.261. The second-order valence-corrected chi connectivity index (χ2v) is 15.7. The normalized spacial score (nSPS) is 14.0. The number of rotatable bonds is 6. The summed E-state index contributed by atoms with van der Waals surface area (Å²) in [5, 5.41) is 24.0. The molecular weight excluding hydrogens is 795 g/mol. The van der Waals surface area contributed by atoms with E-state index in [9.17, 15) is 19.2 Å². The summed E-state index contributed by atoms with van der Waals surface area (Å²) < 4.78 is 0.937. The number of H-pyrrole nitrogens is 2. The number of anilines is 2. The van der Waals surface area contributed by atoms with Crippen molar-refractivity contribution in [3.05, 3.63) is 162 Å². The number of allylic oxidation sites excluding steroid dienone is 2. The molecule has 12 heteroatoms. The second kappa shape index (κ2) is 19.7. The predicted octanol–water partition coefficient (Wildman–Crippen LogP) is 9.49. The van der Waals surface area contributed by atoms with Gasteiger partial charge in [0.05, 0.1) is 0 Å². The minimum Gasteiger partial charge on any atom is -0.423 e. The molecule has 0 spiro atoms. The van der Waals surface area contributed by atoms with Gasteiger partial charge in [-0.05, 0) is 129 Å². The summed E-state index contributed by atoms with van der Waals surface area (Å²) in [7, 11) is -1.20. The van der Waals surface area contributed by atoms with Gasteiger partial charge in [-0.25, -0.2) is 0 Å². The van der Waals surface area contributed by atoms with Crippen LogP contribution in [0, 0.1) is 13.8 Å². The summed E-state index contributed by atoms with van der Waals surface area (Å²) in [5.74, 6) is -0.168. The molecule has 10 nitrogen and oxygen atoms in total. The first-order valence-corrected chi connectivity index (χ1v) is 20.5. The van der Waals surface area contributed by atoms with Crippen LogP contribution in [0.25, 0.3) is 21.8 Å². The van der Waals surface area contributed by atoms with Crippen LogP contribution in [0.3, 0.4) is 0 Å². The van der Waals surface area contributed by atoms with Gasteiger partial charge in [-0.1, -0.05) is 77.7 Å². The Kier molecular flexibility index (Phi) is 14.3. The molecule has 0 saturated heterocycles. The first-order valence-electron chi connectivity index (χ1n) is 19.8. The van der Waals surface area contributed by atoms with E-state index in [4.69, 9.17) is 10.0 Å². The van der Waals surface area contributed by atoms with E-state index >= 15 is 0 Å². The number of hydrogen-bond donors (Lipinski definition) is 6. The molecule has 58 heavy (non-hydrogen) atoms. The number of para-hydroxylation sites is 2. The van der Waals surface area contributed by atoms with Crippen molar-refractivity contribution in [3.63, 3.8) is 0 Å². The number of fused-ring (bicyclic) bond motifs is 2. The van der Waals surface area contributed by atoms with Crippen molar-refractivity contribution in [3.8, 4) is 0 Å². The van der Waals surface area contributed by atoms with E-state index in [1.807, 2.05) is 56.3 Å². The van der Waals surface area contributed by atoms with Gasteiger partial charge >= 0.3 is 7.12 Å². The third kappa shape index (κ3) is 10.5. The third-order valence-electron chi connectivity index (χ3n) is 10.7. The van der Waals surface area contributed by atoms with Crippen LogP contribution in [0.2, 0.25) is 0 Å². The Hall–Kier alpha value is -5.56. The Bertz CT molecular complexity index is 2580. The molecular formula is C46H48BBrN4O6. The molecule has 0 radical (unpaired) electrons. The van der Waals surface area contributed by atoms with Crippen LogP contribution in [0.4, 0.5) is 11.4 Å². The Labute approximate surface area is 346 Å². The average molecular weight is 844 g/mol. The van der Waals surface area contributed by atoms with Crippen molar-refractivity contribution >= 4 is 68.0 Å². The van der Waals surface area contributed by atoms with Gasteiger partial charge in [-0.2, -0.15) is 0 Å². The summed E-state index contributed by atoms with van der Waals surface area (Å²) in [6.07, 6.45) is 15.5. The molecule has 4 aromatic carbocycles. The molecule has 2 aliphatic carbocycles. The van der Waals surface area contributed by atoms with E-state index in [-0.39, 0.29) is 27.9 Å². The molecule has 6 aromatic rings. The van der Waals surface area contributed by atoms with E-state index in [1.54, 1.807) is 36.4 Å². The number of benzene rings is 4.